The van der Waals surface area contributed by atoms with E-state index in [0.29, 0.717) is 10.8 Å². The van der Waals surface area contributed by atoms with Crippen LogP contribution in [0.2, 0.25) is 0 Å². The van der Waals surface area contributed by atoms with Crippen molar-refractivity contribution < 1.29 is 4.79 Å². The molecule has 1 saturated heterocycles. The Bertz CT molecular complexity index is 822. The highest BCUT2D eigenvalue weighted by Crippen LogP contribution is 2.24. The summed E-state index contributed by atoms with van der Waals surface area (Å²) in [7, 11) is 0. The molecule has 1 amide bonds. The summed E-state index contributed by atoms with van der Waals surface area (Å²) in [6.07, 6.45) is 1.87. The van der Waals surface area contributed by atoms with Crippen LogP contribution in [0.25, 0.3) is 6.08 Å². The van der Waals surface area contributed by atoms with Crippen LogP contribution in [-0.4, -0.2) is 11.0 Å². The number of benzene rings is 2. The van der Waals surface area contributed by atoms with Crippen LogP contribution in [0.1, 0.15) is 22.3 Å². The molecule has 0 unspecified atom stereocenters. The first-order chi connectivity index (χ1) is 11.0. The quantitative estimate of drug-likeness (QED) is 0.673. The Kier molecular flexibility index (Phi) is 4.01. The Morgan fingerprint density at radius 2 is 1.74 bits per heavy atom. The molecule has 0 aliphatic carbocycles. The number of rotatable bonds is 2. The molecule has 1 N–H and O–H groups in total. The Balaban J connectivity index is 1.96. The number of carbonyl (C=O) groups excluding carboxylic acids is 1. The van der Waals surface area contributed by atoms with E-state index in [1.165, 1.54) is 10.5 Å². The summed E-state index contributed by atoms with van der Waals surface area (Å²) in [5.74, 6) is -0.125. The number of amides is 1. The molecule has 1 heterocycles. The van der Waals surface area contributed by atoms with Gasteiger partial charge in [-0.2, -0.15) is 0 Å². The highest BCUT2D eigenvalue weighted by molar-refractivity contribution is 7.80. The minimum absolute atomic E-state index is 0.125. The molecule has 0 bridgehead atoms. The molecule has 0 saturated carbocycles. The molecule has 0 spiro atoms. The van der Waals surface area contributed by atoms with E-state index >= 15 is 0 Å². The van der Waals surface area contributed by atoms with Crippen molar-refractivity contribution in [3.8, 4) is 0 Å². The van der Waals surface area contributed by atoms with E-state index < -0.39 is 0 Å². The Morgan fingerprint density at radius 3 is 2.43 bits per heavy atom. The standard InChI is InChI=1S/C19H18N2OS/c1-12-7-9-16(10-8-12)21-18(22)17(20-19(21)23)11-15-6-4-5-13(2)14(15)3/h4-11H,1-3H3,(H,20,23)/b17-11-. The minimum atomic E-state index is -0.125. The van der Waals surface area contributed by atoms with Crippen LogP contribution in [0.5, 0.6) is 0 Å². The predicted molar refractivity (Wildman–Crippen MR) is 98.3 cm³/mol. The summed E-state index contributed by atoms with van der Waals surface area (Å²) < 4.78 is 0. The van der Waals surface area contributed by atoms with Crippen LogP contribution in [0, 0.1) is 20.8 Å². The van der Waals surface area contributed by atoms with Crippen molar-refractivity contribution in [3.63, 3.8) is 0 Å². The summed E-state index contributed by atoms with van der Waals surface area (Å²) in [6.45, 7) is 6.12. The number of nitrogens with zero attached hydrogens (tertiary/aromatic N) is 1. The summed E-state index contributed by atoms with van der Waals surface area (Å²) in [5.41, 5.74) is 5.81. The number of nitrogens with one attached hydrogen (secondary N) is 1. The zero-order valence-corrected chi connectivity index (χ0v) is 14.2. The summed E-state index contributed by atoms with van der Waals surface area (Å²) in [4.78, 5) is 14.2. The molecule has 2 aromatic carbocycles. The zero-order chi connectivity index (χ0) is 16.6. The number of hydrogen-bond donors (Lipinski definition) is 1. The van der Waals surface area contributed by atoms with Crippen molar-refractivity contribution in [1.82, 2.24) is 5.32 Å². The van der Waals surface area contributed by atoms with Gasteiger partial charge in [-0.05, 0) is 67.9 Å². The molecule has 2 aromatic rings. The fourth-order valence-electron chi connectivity index (χ4n) is 2.55. The third kappa shape index (κ3) is 2.90. The van der Waals surface area contributed by atoms with E-state index in [0.717, 1.165) is 22.4 Å². The first-order valence-electron chi connectivity index (χ1n) is 7.47. The SMILES string of the molecule is Cc1ccc(N2C(=O)/C(=C/c3cccc(C)c3C)NC2=S)cc1. The van der Waals surface area contributed by atoms with Crippen LogP contribution in [0.3, 0.4) is 0 Å². The van der Waals surface area contributed by atoms with Gasteiger partial charge >= 0.3 is 0 Å². The molecule has 23 heavy (non-hydrogen) atoms. The van der Waals surface area contributed by atoms with Gasteiger partial charge in [-0.25, -0.2) is 0 Å². The van der Waals surface area contributed by atoms with Gasteiger partial charge in [0.05, 0.1) is 5.69 Å². The summed E-state index contributed by atoms with van der Waals surface area (Å²) >= 11 is 5.34. The van der Waals surface area contributed by atoms with E-state index in [4.69, 9.17) is 12.2 Å². The van der Waals surface area contributed by atoms with Gasteiger partial charge in [0.25, 0.3) is 5.91 Å². The molecule has 1 aliphatic heterocycles. The number of hydrogen-bond acceptors (Lipinski definition) is 2. The maximum Gasteiger partial charge on any atom is 0.281 e. The normalized spacial score (nSPS) is 16.1. The molecule has 4 heteroatoms. The van der Waals surface area contributed by atoms with Gasteiger partial charge in [0.1, 0.15) is 5.70 Å². The van der Waals surface area contributed by atoms with Crippen molar-refractivity contribution in [2.75, 3.05) is 4.90 Å². The van der Waals surface area contributed by atoms with Gasteiger partial charge in [0, 0.05) is 0 Å². The van der Waals surface area contributed by atoms with Crippen LogP contribution < -0.4 is 10.2 Å². The van der Waals surface area contributed by atoms with Crippen molar-refractivity contribution in [2.45, 2.75) is 20.8 Å². The molecule has 1 aliphatic rings. The van der Waals surface area contributed by atoms with Gasteiger partial charge in [0.15, 0.2) is 5.11 Å². The number of thiocarbonyl (C=S) groups is 1. The Morgan fingerprint density at radius 1 is 1.04 bits per heavy atom. The second kappa shape index (κ2) is 5.97. The lowest BCUT2D eigenvalue weighted by Crippen LogP contribution is -2.30. The maximum absolute atomic E-state index is 12.7. The second-order valence-electron chi connectivity index (χ2n) is 5.75. The lowest BCUT2D eigenvalue weighted by molar-refractivity contribution is -0.113. The van der Waals surface area contributed by atoms with E-state index in [1.54, 1.807) is 0 Å². The maximum atomic E-state index is 12.7. The van der Waals surface area contributed by atoms with Gasteiger partial charge in [-0.15, -0.1) is 0 Å². The number of carbonyl (C=O) groups is 1. The van der Waals surface area contributed by atoms with E-state index in [-0.39, 0.29) is 5.91 Å². The average Bonchev–Trinajstić information content (AvgIpc) is 2.79. The van der Waals surface area contributed by atoms with E-state index in [1.807, 2.05) is 49.4 Å². The summed E-state index contributed by atoms with van der Waals surface area (Å²) in [5, 5.41) is 3.44. The van der Waals surface area contributed by atoms with Crippen LogP contribution in [-0.2, 0) is 4.79 Å². The molecular formula is C19H18N2OS. The van der Waals surface area contributed by atoms with Crippen LogP contribution >= 0.6 is 12.2 Å². The van der Waals surface area contributed by atoms with Crippen molar-refractivity contribution in [2.24, 2.45) is 0 Å². The van der Waals surface area contributed by atoms with Gasteiger partial charge in [0.2, 0.25) is 0 Å². The molecule has 116 valence electrons. The van der Waals surface area contributed by atoms with Crippen molar-refractivity contribution in [3.05, 3.63) is 70.4 Å². The fraction of sp³-hybridized carbons (Fsp3) is 0.158. The molecule has 0 radical (unpaired) electrons. The Hall–Kier alpha value is -2.46. The molecular weight excluding hydrogens is 304 g/mol. The first kappa shape index (κ1) is 15.4. The molecule has 3 rings (SSSR count). The van der Waals surface area contributed by atoms with Crippen molar-refractivity contribution in [1.29, 1.82) is 0 Å². The lowest BCUT2D eigenvalue weighted by Gasteiger charge is -2.14. The largest absolute Gasteiger partial charge is 0.327 e. The number of anilines is 1. The smallest absolute Gasteiger partial charge is 0.281 e. The molecule has 0 atom stereocenters. The lowest BCUT2D eigenvalue weighted by atomic mass is 10.0. The zero-order valence-electron chi connectivity index (χ0n) is 13.4. The average molecular weight is 322 g/mol. The fourth-order valence-corrected chi connectivity index (χ4v) is 2.85. The van der Waals surface area contributed by atoms with E-state index in [9.17, 15) is 4.79 Å². The monoisotopic (exact) mass is 322 g/mol. The molecule has 3 nitrogen and oxygen atoms in total. The topological polar surface area (TPSA) is 32.3 Å². The second-order valence-corrected chi connectivity index (χ2v) is 6.14. The first-order valence-corrected chi connectivity index (χ1v) is 7.88. The third-order valence-electron chi connectivity index (χ3n) is 4.12. The van der Waals surface area contributed by atoms with Gasteiger partial charge in [-0.3, -0.25) is 9.69 Å². The van der Waals surface area contributed by atoms with Crippen molar-refractivity contribution >= 4 is 35.0 Å². The van der Waals surface area contributed by atoms with E-state index in [2.05, 4.69) is 25.2 Å². The predicted octanol–water partition coefficient (Wildman–Crippen LogP) is 3.87. The Labute approximate surface area is 141 Å². The third-order valence-corrected chi connectivity index (χ3v) is 4.40. The molecule has 1 fully saturated rings. The van der Waals surface area contributed by atoms with Gasteiger partial charge in [-0.1, -0.05) is 35.9 Å². The van der Waals surface area contributed by atoms with Crippen LogP contribution in [0.15, 0.2) is 48.2 Å². The van der Waals surface area contributed by atoms with Crippen LogP contribution in [0.4, 0.5) is 5.69 Å². The highest BCUT2D eigenvalue weighted by atomic mass is 32.1. The van der Waals surface area contributed by atoms with Gasteiger partial charge < -0.3 is 5.32 Å². The number of aryl methyl sites for hydroxylation is 2. The minimum Gasteiger partial charge on any atom is -0.327 e. The highest BCUT2D eigenvalue weighted by Gasteiger charge is 2.31. The molecule has 0 aromatic heterocycles. The summed E-state index contributed by atoms with van der Waals surface area (Å²) in [6, 6.07) is 13.8.